The summed E-state index contributed by atoms with van der Waals surface area (Å²) in [5.41, 5.74) is -2.77. The van der Waals surface area contributed by atoms with Crippen LogP contribution in [-0.2, 0) is 43.3 Å². The summed E-state index contributed by atoms with van der Waals surface area (Å²) >= 11 is 5.88. The van der Waals surface area contributed by atoms with Gasteiger partial charge in [-0.2, -0.15) is 31.4 Å². The number of unbranched alkanes of at least 4 members (excludes halogenated alkanes) is 2. The molecule has 336 valence electrons. The van der Waals surface area contributed by atoms with E-state index in [2.05, 4.69) is 10.4 Å². The second kappa shape index (κ2) is 19.6. The van der Waals surface area contributed by atoms with E-state index in [1.54, 1.807) is 6.07 Å². The Kier molecular flexibility index (Phi) is 14.5. The van der Waals surface area contributed by atoms with Crippen LogP contribution in [0.4, 0.5) is 26.3 Å². The number of rotatable bonds is 18. The lowest BCUT2D eigenvalue weighted by Crippen LogP contribution is -2.54. The van der Waals surface area contributed by atoms with E-state index in [0.29, 0.717) is 25.9 Å². The summed E-state index contributed by atoms with van der Waals surface area (Å²) in [4.78, 5) is 63.3. The maximum Gasteiger partial charge on any atom is 0.435 e. The van der Waals surface area contributed by atoms with Gasteiger partial charge in [-0.05, 0) is 73.7 Å². The van der Waals surface area contributed by atoms with Crippen LogP contribution in [0.3, 0.4) is 0 Å². The van der Waals surface area contributed by atoms with Gasteiger partial charge in [-0.3, -0.25) is 38.9 Å². The lowest BCUT2D eigenvalue weighted by molar-refractivity contribution is -0.141. The summed E-state index contributed by atoms with van der Waals surface area (Å²) in [6.45, 7) is 2.04. The van der Waals surface area contributed by atoms with Crippen molar-refractivity contribution in [2.75, 3.05) is 39.6 Å². The molecule has 1 fully saturated rings. The zero-order valence-electron chi connectivity index (χ0n) is 33.6. The van der Waals surface area contributed by atoms with E-state index in [1.807, 2.05) is 0 Å². The van der Waals surface area contributed by atoms with Gasteiger partial charge in [0.05, 0.1) is 59.4 Å². The number of nitrogens with one attached hydrogen (secondary N) is 1. The molecule has 2 aliphatic heterocycles. The van der Waals surface area contributed by atoms with Crippen molar-refractivity contribution >= 4 is 41.2 Å². The first-order chi connectivity index (χ1) is 29.9. The lowest BCUT2D eigenvalue weighted by atomic mass is 9.96. The van der Waals surface area contributed by atoms with E-state index in [4.69, 9.17) is 35.3 Å². The summed E-state index contributed by atoms with van der Waals surface area (Å²) in [6, 6.07) is 9.82. The molecule has 4 amide bonds. The van der Waals surface area contributed by atoms with Gasteiger partial charge in [0.1, 0.15) is 24.1 Å². The van der Waals surface area contributed by atoms with Gasteiger partial charge >= 0.3 is 18.3 Å². The molecular formula is C42H39ClF6N4O10. The number of amides is 4. The zero-order chi connectivity index (χ0) is 45.6. The minimum Gasteiger partial charge on any atom is -0.493 e. The van der Waals surface area contributed by atoms with Crippen LogP contribution in [0.25, 0.3) is 22.4 Å². The minimum absolute atomic E-state index is 0.00423. The van der Waals surface area contributed by atoms with Crippen LogP contribution in [-0.4, -0.2) is 90.0 Å². The first kappa shape index (κ1) is 46.5. The smallest absolute Gasteiger partial charge is 0.435 e. The molecule has 0 bridgehead atoms. The van der Waals surface area contributed by atoms with Gasteiger partial charge in [-0.25, -0.2) is 0 Å². The molecule has 2 aliphatic rings. The Bertz CT molecular complexity index is 2400. The van der Waals surface area contributed by atoms with Crippen molar-refractivity contribution in [3.8, 4) is 39.6 Å². The summed E-state index contributed by atoms with van der Waals surface area (Å²) in [5, 5.41) is 5.06. The van der Waals surface area contributed by atoms with Crippen LogP contribution < -0.4 is 19.5 Å². The number of halogens is 7. The summed E-state index contributed by atoms with van der Waals surface area (Å²) in [5.74, 6) is -3.64. The predicted molar refractivity (Wildman–Crippen MR) is 210 cm³/mol. The van der Waals surface area contributed by atoms with E-state index in [1.165, 1.54) is 37.4 Å². The number of carbonyl (C=O) groups is 5. The third-order valence-corrected chi connectivity index (χ3v) is 10.2. The number of hydrogen-bond donors (Lipinski definition) is 1. The number of aryl methyl sites for hydroxylation is 1. The molecule has 1 aromatic heterocycles. The Morgan fingerprint density at radius 2 is 1.48 bits per heavy atom. The molecule has 14 nitrogen and oxygen atoms in total. The molecule has 1 saturated heterocycles. The number of esters is 1. The fourth-order valence-corrected chi connectivity index (χ4v) is 7.19. The van der Waals surface area contributed by atoms with Crippen LogP contribution in [0.15, 0.2) is 54.6 Å². The molecule has 0 aliphatic carbocycles. The van der Waals surface area contributed by atoms with Crippen molar-refractivity contribution in [1.82, 2.24) is 20.0 Å². The SMILES string of the molecule is CC(=O)Oc1c(-c2cc(C(F)(F)F)nn2C)ccc(OCCCCCOCCOCCOc2cccc3c2C(=O)N(C2CCC(=O)NC2=O)C3=O)c1-c1ccc(Cl)c(C(F)(F)F)c1. The fraction of sp³-hybridized carbons (Fsp3) is 0.381. The van der Waals surface area contributed by atoms with Gasteiger partial charge < -0.3 is 23.7 Å². The van der Waals surface area contributed by atoms with Gasteiger partial charge in [0.15, 0.2) is 11.4 Å². The standard InChI is InChI=1S/C42H39ClF6N4O10/c1-23(54)63-37-25(30-22-33(42(47,48)49)51-52(30)2)10-13-32(35(37)24-9-11-28(43)27(21-24)41(44,45)46)61-16-5-3-4-15-59-17-18-60-19-20-62-31-8-6-7-26-36(31)40(58)53(39(26)57)29-12-14-34(55)50-38(29)56/h6-11,13,21-22,29H,3-5,12,14-20H2,1-2H3,(H,50,55,56). The average Bonchev–Trinajstić information content (AvgIpc) is 3.73. The highest BCUT2D eigenvalue weighted by Gasteiger charge is 2.46. The van der Waals surface area contributed by atoms with Gasteiger partial charge in [-0.15, -0.1) is 0 Å². The van der Waals surface area contributed by atoms with Crippen molar-refractivity contribution in [2.24, 2.45) is 7.05 Å². The number of hydrogen-bond acceptors (Lipinski definition) is 11. The van der Waals surface area contributed by atoms with Crippen LogP contribution >= 0.6 is 11.6 Å². The van der Waals surface area contributed by atoms with Crippen molar-refractivity contribution in [2.45, 2.75) is 57.4 Å². The average molecular weight is 909 g/mol. The Hall–Kier alpha value is -5.99. The first-order valence-electron chi connectivity index (χ1n) is 19.5. The van der Waals surface area contributed by atoms with Gasteiger partial charge in [0.2, 0.25) is 11.8 Å². The molecule has 0 saturated carbocycles. The second-order valence-corrected chi connectivity index (χ2v) is 14.7. The first-order valence-corrected chi connectivity index (χ1v) is 19.8. The minimum atomic E-state index is -4.87. The van der Waals surface area contributed by atoms with Crippen LogP contribution in [0, 0.1) is 0 Å². The van der Waals surface area contributed by atoms with E-state index in [9.17, 15) is 50.3 Å². The Balaban J connectivity index is 0.992. The fourth-order valence-electron chi connectivity index (χ4n) is 6.97. The molecule has 3 aromatic carbocycles. The number of fused-ring (bicyclic) bond motifs is 1. The molecule has 0 spiro atoms. The molecule has 1 unspecified atom stereocenters. The van der Waals surface area contributed by atoms with Gasteiger partial charge in [0.25, 0.3) is 11.8 Å². The number of benzene rings is 3. The van der Waals surface area contributed by atoms with E-state index < -0.39 is 64.3 Å². The second-order valence-electron chi connectivity index (χ2n) is 14.2. The Morgan fingerprint density at radius 1 is 0.794 bits per heavy atom. The number of imide groups is 2. The van der Waals surface area contributed by atoms with Crippen LogP contribution in [0.5, 0.6) is 17.2 Å². The summed E-state index contributed by atoms with van der Waals surface area (Å²) in [7, 11) is 1.23. The van der Waals surface area contributed by atoms with E-state index >= 15 is 0 Å². The number of carbonyl (C=O) groups excluding carboxylic acids is 5. The molecule has 1 atom stereocenters. The Morgan fingerprint density at radius 3 is 2.16 bits per heavy atom. The highest BCUT2D eigenvalue weighted by Crippen LogP contribution is 2.48. The zero-order valence-corrected chi connectivity index (χ0v) is 34.4. The van der Waals surface area contributed by atoms with Crippen molar-refractivity contribution in [1.29, 1.82) is 0 Å². The topological polar surface area (TPSA) is 165 Å². The molecular weight excluding hydrogens is 870 g/mol. The number of piperidine rings is 1. The van der Waals surface area contributed by atoms with Crippen LogP contribution in [0.2, 0.25) is 5.02 Å². The van der Waals surface area contributed by atoms with Crippen molar-refractivity contribution in [3.63, 3.8) is 0 Å². The molecule has 63 heavy (non-hydrogen) atoms. The van der Waals surface area contributed by atoms with E-state index in [-0.39, 0.29) is 96.6 Å². The largest absolute Gasteiger partial charge is 0.493 e. The third kappa shape index (κ3) is 10.8. The monoisotopic (exact) mass is 908 g/mol. The van der Waals surface area contributed by atoms with Crippen molar-refractivity contribution in [3.05, 3.63) is 82.0 Å². The van der Waals surface area contributed by atoms with Crippen LogP contribution in [0.1, 0.15) is 71.0 Å². The molecule has 1 N–H and O–H groups in total. The molecule has 3 heterocycles. The van der Waals surface area contributed by atoms with Gasteiger partial charge in [0, 0.05) is 32.6 Å². The number of ether oxygens (including phenoxy) is 5. The highest BCUT2D eigenvalue weighted by atomic mass is 35.5. The quantitative estimate of drug-likeness (QED) is 0.0347. The van der Waals surface area contributed by atoms with E-state index in [0.717, 1.165) is 34.7 Å². The normalized spacial score (nSPS) is 15.4. The molecule has 4 aromatic rings. The molecule has 0 radical (unpaired) electrons. The Labute approximate surface area is 360 Å². The lowest BCUT2D eigenvalue weighted by Gasteiger charge is -2.27. The predicted octanol–water partition coefficient (Wildman–Crippen LogP) is 7.43. The maximum atomic E-state index is 13.9. The summed E-state index contributed by atoms with van der Waals surface area (Å²) in [6.07, 6.45) is -8.03. The molecule has 21 heteroatoms. The molecule has 6 rings (SSSR count). The number of aromatic nitrogens is 2. The van der Waals surface area contributed by atoms with Crippen molar-refractivity contribution < 1.29 is 74.0 Å². The van der Waals surface area contributed by atoms with Gasteiger partial charge in [-0.1, -0.05) is 23.7 Å². The number of nitrogens with zero attached hydrogens (tertiary/aromatic N) is 3. The summed E-state index contributed by atoms with van der Waals surface area (Å²) < 4.78 is 112. The highest BCUT2D eigenvalue weighted by molar-refractivity contribution is 6.31. The number of alkyl halides is 6. The third-order valence-electron chi connectivity index (χ3n) is 9.85. The maximum absolute atomic E-state index is 13.9.